The molecule has 12 nitrogen and oxygen atoms in total. The molecule has 2 N–H and O–H groups in total. The van der Waals surface area contributed by atoms with Gasteiger partial charge in [-0.3, -0.25) is 9.69 Å². The van der Waals surface area contributed by atoms with Crippen molar-refractivity contribution in [2.75, 3.05) is 34.8 Å². The molecule has 3 aromatic heterocycles. The van der Waals surface area contributed by atoms with E-state index in [2.05, 4.69) is 41.3 Å². The minimum Gasteiger partial charge on any atom is -0.393 e. The van der Waals surface area contributed by atoms with Crippen LogP contribution in [-0.2, 0) is 17.6 Å². The van der Waals surface area contributed by atoms with E-state index in [0.717, 1.165) is 41.8 Å². The Morgan fingerprint density at radius 3 is 2.30 bits per heavy atom. The summed E-state index contributed by atoms with van der Waals surface area (Å²) < 4.78 is 14.3. The summed E-state index contributed by atoms with van der Waals surface area (Å²) in [7, 11) is 0. The summed E-state index contributed by atoms with van der Waals surface area (Å²) >= 11 is 0. The summed E-state index contributed by atoms with van der Waals surface area (Å²) in [6.07, 6.45) is 13.0. The highest BCUT2D eigenvalue weighted by atomic mass is 19.1. The highest BCUT2D eigenvalue weighted by molar-refractivity contribution is 5.92. The first-order chi connectivity index (χ1) is 22.9. The number of alkyl halides is 1. The molecule has 2 fully saturated rings. The maximum atomic E-state index is 14.3. The third-order valence-corrected chi connectivity index (χ3v) is 8.76. The zero-order chi connectivity index (χ0) is 32.8. The number of rotatable bonds is 11. The van der Waals surface area contributed by atoms with Gasteiger partial charge in [0.2, 0.25) is 17.8 Å². The molecule has 0 radical (unpaired) electrons. The van der Waals surface area contributed by atoms with E-state index < -0.39 is 12.3 Å². The van der Waals surface area contributed by atoms with E-state index >= 15 is 0 Å². The largest absolute Gasteiger partial charge is 0.393 e. The van der Waals surface area contributed by atoms with Gasteiger partial charge < -0.3 is 15.3 Å². The van der Waals surface area contributed by atoms with Gasteiger partial charge in [-0.25, -0.2) is 29.3 Å². The van der Waals surface area contributed by atoms with Crippen LogP contribution in [0.25, 0.3) is 11.1 Å². The van der Waals surface area contributed by atoms with Gasteiger partial charge in [0.15, 0.2) is 11.5 Å². The van der Waals surface area contributed by atoms with E-state index in [9.17, 15) is 19.6 Å². The zero-order valence-corrected chi connectivity index (χ0v) is 26.3. The summed E-state index contributed by atoms with van der Waals surface area (Å²) in [4.78, 5) is 44.1. The average Bonchev–Trinajstić information content (AvgIpc) is 3.11. The first-order valence-corrected chi connectivity index (χ1v) is 16.0. The summed E-state index contributed by atoms with van der Waals surface area (Å²) in [6, 6.07) is 12.0. The van der Waals surface area contributed by atoms with Gasteiger partial charge in [0.25, 0.3) is 0 Å². The standard InChI is InChI=1S/C34H37FN10O2/c1-2-29-37-16-25(17-38-29)26-18-40-33(41-19-26)45(30(47)13-8-23-6-4-3-5-7-23)28-11-9-27(10-12-28)42-32-39-15-24(14-36)31(43-32)44-20-34(35,21-44)22-46/h3-7,15-19,27-28,46H,2,8-13,20-22H2,1H3,(H,39,42,43). The van der Waals surface area contributed by atoms with Crippen molar-refractivity contribution >= 4 is 23.6 Å². The van der Waals surface area contributed by atoms with Gasteiger partial charge in [-0.2, -0.15) is 10.2 Å². The number of benzene rings is 1. The van der Waals surface area contributed by atoms with Crippen molar-refractivity contribution in [2.45, 2.75) is 69.6 Å². The molecular weight excluding hydrogens is 599 g/mol. The minimum atomic E-state index is -1.69. The normalized spacial score (nSPS) is 18.6. The Balaban J connectivity index is 1.15. The number of aliphatic hydroxyl groups excluding tert-OH is 1. The smallest absolute Gasteiger partial charge is 0.232 e. The van der Waals surface area contributed by atoms with Crippen molar-refractivity contribution in [1.82, 2.24) is 29.9 Å². The molecule has 1 saturated heterocycles. The van der Waals surface area contributed by atoms with Crippen molar-refractivity contribution in [3.05, 3.63) is 78.3 Å². The summed E-state index contributed by atoms with van der Waals surface area (Å²) in [5, 5.41) is 22.2. The third kappa shape index (κ3) is 7.33. The number of nitrogens with one attached hydrogen (secondary N) is 1. The van der Waals surface area contributed by atoms with Gasteiger partial charge in [0.05, 0.1) is 25.9 Å². The maximum absolute atomic E-state index is 14.3. The molecule has 4 heterocycles. The first kappa shape index (κ1) is 31.9. The van der Waals surface area contributed by atoms with Crippen molar-refractivity contribution < 1.29 is 14.3 Å². The van der Waals surface area contributed by atoms with Crippen LogP contribution in [0.5, 0.6) is 0 Å². The second kappa shape index (κ2) is 14.1. The SMILES string of the molecule is CCc1ncc(-c2cnc(N(C(=O)CCc3ccccc3)C3CCC(Nc4ncc(C#N)c(N5CC(F)(CO)C5)n4)CC3)nc2)cn1. The van der Waals surface area contributed by atoms with Gasteiger partial charge in [-0.05, 0) is 37.7 Å². The Morgan fingerprint density at radius 2 is 1.68 bits per heavy atom. The van der Waals surface area contributed by atoms with Gasteiger partial charge >= 0.3 is 0 Å². The number of hydrogen-bond donors (Lipinski definition) is 2. The van der Waals surface area contributed by atoms with Crippen LogP contribution in [0, 0.1) is 11.3 Å². The van der Waals surface area contributed by atoms with Crippen LogP contribution in [0.3, 0.4) is 0 Å². The van der Waals surface area contributed by atoms with Crippen LogP contribution in [0.2, 0.25) is 0 Å². The van der Waals surface area contributed by atoms with Crippen LogP contribution in [-0.4, -0.2) is 78.4 Å². The van der Waals surface area contributed by atoms with Crippen LogP contribution in [0.1, 0.15) is 56.0 Å². The van der Waals surface area contributed by atoms with E-state index in [0.29, 0.717) is 43.4 Å². The molecule has 0 spiro atoms. The van der Waals surface area contributed by atoms with Crippen molar-refractivity contribution in [2.24, 2.45) is 0 Å². The molecule has 2 aliphatic rings. The molecule has 0 bridgehead atoms. The number of aromatic nitrogens is 6. The summed E-state index contributed by atoms with van der Waals surface area (Å²) in [5.41, 5.74) is 1.23. The van der Waals surface area contributed by atoms with E-state index in [1.807, 2.05) is 37.3 Å². The molecule has 4 aromatic rings. The van der Waals surface area contributed by atoms with Gasteiger partial charge in [0.1, 0.15) is 17.5 Å². The molecule has 0 atom stereocenters. The second-order valence-electron chi connectivity index (χ2n) is 12.1. The summed E-state index contributed by atoms with van der Waals surface area (Å²) in [6.45, 7) is 1.36. The molecule has 47 heavy (non-hydrogen) atoms. The number of aliphatic hydroxyl groups is 1. The van der Waals surface area contributed by atoms with Gasteiger partial charge in [0, 0.05) is 60.8 Å². The highest BCUT2D eigenvalue weighted by Gasteiger charge is 2.44. The van der Waals surface area contributed by atoms with Crippen LogP contribution < -0.4 is 15.1 Å². The number of nitriles is 1. The lowest BCUT2D eigenvalue weighted by molar-refractivity contribution is -0.119. The number of carbonyl (C=O) groups is 1. The fraction of sp³-hybridized carbons (Fsp3) is 0.412. The molecule has 1 amide bonds. The first-order valence-electron chi connectivity index (χ1n) is 16.0. The quantitative estimate of drug-likeness (QED) is 0.245. The fourth-order valence-electron chi connectivity index (χ4n) is 6.09. The molecule has 6 rings (SSSR count). The lowest BCUT2D eigenvalue weighted by atomic mass is 9.90. The number of anilines is 3. The lowest BCUT2D eigenvalue weighted by Gasteiger charge is -2.44. The van der Waals surface area contributed by atoms with Crippen molar-refractivity contribution in [3.63, 3.8) is 0 Å². The zero-order valence-electron chi connectivity index (χ0n) is 26.3. The van der Waals surface area contributed by atoms with E-state index in [1.54, 1.807) is 34.6 Å². The van der Waals surface area contributed by atoms with Crippen LogP contribution >= 0.6 is 0 Å². The molecule has 0 unspecified atom stereocenters. The van der Waals surface area contributed by atoms with E-state index in [4.69, 9.17) is 0 Å². The lowest BCUT2D eigenvalue weighted by Crippen LogP contribution is -2.61. The molecular formula is C34H37FN10O2. The number of amides is 1. The van der Waals surface area contributed by atoms with Gasteiger partial charge in [-0.15, -0.1) is 0 Å². The number of hydrogen-bond acceptors (Lipinski definition) is 11. The Labute approximate surface area is 272 Å². The average molecular weight is 637 g/mol. The molecule has 1 aliphatic heterocycles. The predicted molar refractivity (Wildman–Crippen MR) is 174 cm³/mol. The number of carbonyl (C=O) groups excluding carboxylic acids is 1. The molecule has 1 aromatic carbocycles. The van der Waals surface area contributed by atoms with E-state index in [-0.39, 0.29) is 36.6 Å². The molecule has 1 saturated carbocycles. The summed E-state index contributed by atoms with van der Waals surface area (Å²) in [5.74, 6) is 1.81. The number of nitrogens with zero attached hydrogens (tertiary/aromatic N) is 9. The van der Waals surface area contributed by atoms with Crippen LogP contribution in [0.4, 0.5) is 22.1 Å². The Bertz CT molecular complexity index is 1700. The minimum absolute atomic E-state index is 0.0319. The Hall–Kier alpha value is -5.09. The topological polar surface area (TPSA) is 157 Å². The fourth-order valence-corrected chi connectivity index (χ4v) is 6.09. The molecule has 1 aliphatic carbocycles. The number of aryl methyl sites for hydroxylation is 2. The van der Waals surface area contributed by atoms with Gasteiger partial charge in [-0.1, -0.05) is 37.3 Å². The molecule has 13 heteroatoms. The van der Waals surface area contributed by atoms with Crippen molar-refractivity contribution in [1.29, 1.82) is 5.26 Å². The van der Waals surface area contributed by atoms with E-state index in [1.165, 1.54) is 6.20 Å². The third-order valence-electron chi connectivity index (χ3n) is 8.76. The highest BCUT2D eigenvalue weighted by Crippen LogP contribution is 2.33. The maximum Gasteiger partial charge on any atom is 0.232 e. The predicted octanol–water partition coefficient (Wildman–Crippen LogP) is 4.07. The number of halogens is 1. The van der Waals surface area contributed by atoms with Crippen LogP contribution in [0.15, 0.2) is 61.3 Å². The Morgan fingerprint density at radius 1 is 1.02 bits per heavy atom. The monoisotopic (exact) mass is 636 g/mol. The molecule has 242 valence electrons. The van der Waals surface area contributed by atoms with Crippen molar-refractivity contribution in [3.8, 4) is 17.2 Å². The Kier molecular flexibility index (Phi) is 9.58. The second-order valence-corrected chi connectivity index (χ2v) is 12.1.